The number of primary amides is 1. The maximum absolute atomic E-state index is 13.1. The molecule has 13 N–H and O–H groups in total. The third-order valence-corrected chi connectivity index (χ3v) is 5.23. The molecule has 0 aliphatic carbocycles. The van der Waals surface area contributed by atoms with Crippen molar-refractivity contribution < 1.29 is 29.1 Å². The number of guanidine groups is 1. The molecule has 16 nitrogen and oxygen atoms in total. The Labute approximate surface area is 213 Å². The molecular formula is C21H36N10O6. The lowest BCUT2D eigenvalue weighted by Crippen LogP contribution is -2.58. The van der Waals surface area contributed by atoms with Crippen molar-refractivity contribution in [1.29, 1.82) is 0 Å². The predicted octanol–water partition coefficient (Wildman–Crippen LogP) is -3.60. The number of H-pyrrole nitrogens is 1. The number of carboxylic acids is 1. The van der Waals surface area contributed by atoms with Crippen molar-refractivity contribution in [3.05, 3.63) is 18.2 Å². The highest BCUT2D eigenvalue weighted by atomic mass is 16.4. The summed E-state index contributed by atoms with van der Waals surface area (Å²) in [5, 5.41) is 16.6. The van der Waals surface area contributed by atoms with Gasteiger partial charge in [-0.15, -0.1) is 0 Å². The fourth-order valence-corrected chi connectivity index (χ4v) is 3.11. The van der Waals surface area contributed by atoms with E-state index in [-0.39, 0.29) is 37.7 Å². The van der Waals surface area contributed by atoms with Crippen molar-refractivity contribution in [3.8, 4) is 0 Å². The van der Waals surface area contributed by atoms with Gasteiger partial charge >= 0.3 is 5.97 Å². The third kappa shape index (κ3) is 11.4. The molecule has 4 atom stereocenters. The van der Waals surface area contributed by atoms with Crippen molar-refractivity contribution in [2.24, 2.45) is 33.8 Å². The average Bonchev–Trinajstić information content (AvgIpc) is 3.31. The molecule has 1 aromatic heterocycles. The number of imidazole rings is 1. The van der Waals surface area contributed by atoms with Gasteiger partial charge in [0.2, 0.25) is 23.6 Å². The molecule has 4 amide bonds. The lowest BCUT2D eigenvalue weighted by Gasteiger charge is -2.25. The minimum Gasteiger partial charge on any atom is -0.480 e. The number of nitrogens with one attached hydrogen (secondary N) is 4. The molecule has 0 saturated carbocycles. The molecule has 0 aliphatic rings. The summed E-state index contributed by atoms with van der Waals surface area (Å²) in [6.45, 7) is 3.60. The number of aliphatic carboxylic acids is 1. The Morgan fingerprint density at radius 2 is 1.59 bits per heavy atom. The molecule has 0 radical (unpaired) electrons. The van der Waals surface area contributed by atoms with Gasteiger partial charge in [-0.1, -0.05) is 13.8 Å². The van der Waals surface area contributed by atoms with Crippen LogP contribution in [-0.2, 0) is 30.4 Å². The van der Waals surface area contributed by atoms with E-state index in [0.29, 0.717) is 5.69 Å². The topological polar surface area (TPSA) is 287 Å². The van der Waals surface area contributed by atoms with Crippen LogP contribution in [0.2, 0.25) is 0 Å². The molecule has 206 valence electrons. The quantitative estimate of drug-likeness (QED) is 0.0581. The van der Waals surface area contributed by atoms with E-state index in [0.717, 1.165) is 0 Å². The van der Waals surface area contributed by atoms with Gasteiger partial charge in [-0.3, -0.25) is 24.2 Å². The van der Waals surface area contributed by atoms with Crippen LogP contribution in [0.4, 0.5) is 0 Å². The number of aromatic amines is 1. The maximum Gasteiger partial charge on any atom is 0.326 e. The third-order valence-electron chi connectivity index (χ3n) is 5.23. The molecule has 37 heavy (non-hydrogen) atoms. The number of carbonyl (C=O) groups is 5. The Balaban J connectivity index is 3.02. The molecule has 1 heterocycles. The van der Waals surface area contributed by atoms with E-state index >= 15 is 0 Å². The van der Waals surface area contributed by atoms with Crippen LogP contribution in [0.15, 0.2) is 17.5 Å². The fraction of sp³-hybridized carbons (Fsp3) is 0.571. The Morgan fingerprint density at radius 1 is 1.00 bits per heavy atom. The second-order valence-electron chi connectivity index (χ2n) is 8.69. The number of aliphatic imine (C=N–C) groups is 1. The first-order valence-electron chi connectivity index (χ1n) is 11.5. The lowest BCUT2D eigenvalue weighted by atomic mass is 10.0. The summed E-state index contributed by atoms with van der Waals surface area (Å²) in [7, 11) is 0. The highest BCUT2D eigenvalue weighted by molar-refractivity contribution is 5.96. The molecule has 0 bridgehead atoms. The van der Waals surface area contributed by atoms with Crippen LogP contribution in [0, 0.1) is 5.92 Å². The minimum atomic E-state index is -1.51. The number of nitrogens with zero attached hydrogens (tertiary/aromatic N) is 2. The first kappa shape index (κ1) is 30.8. The molecule has 0 spiro atoms. The second kappa shape index (κ2) is 15.0. The Bertz CT molecular complexity index is 961. The van der Waals surface area contributed by atoms with E-state index in [1.165, 1.54) is 12.5 Å². The first-order chi connectivity index (χ1) is 17.3. The SMILES string of the molecule is CC(C)C(N)C(=O)NC(Cc1cnc[nH]1)C(=O)NC(CC(N)=O)C(=O)NC(CCCN=C(N)N)C(=O)O. The Morgan fingerprint density at radius 3 is 2.11 bits per heavy atom. The van der Waals surface area contributed by atoms with E-state index in [2.05, 4.69) is 30.9 Å². The van der Waals surface area contributed by atoms with Crippen molar-refractivity contribution >= 4 is 35.6 Å². The van der Waals surface area contributed by atoms with E-state index in [1.54, 1.807) is 13.8 Å². The molecule has 1 rings (SSSR count). The van der Waals surface area contributed by atoms with Crippen LogP contribution >= 0.6 is 0 Å². The van der Waals surface area contributed by atoms with E-state index in [9.17, 15) is 29.1 Å². The number of rotatable bonds is 16. The molecule has 1 aromatic rings. The maximum atomic E-state index is 13.1. The van der Waals surface area contributed by atoms with Gasteiger partial charge in [-0.25, -0.2) is 9.78 Å². The number of nitrogens with two attached hydrogens (primary N) is 4. The monoisotopic (exact) mass is 524 g/mol. The number of aromatic nitrogens is 2. The highest BCUT2D eigenvalue weighted by Crippen LogP contribution is 2.05. The van der Waals surface area contributed by atoms with E-state index < -0.39 is 60.2 Å². The number of amides is 4. The van der Waals surface area contributed by atoms with Gasteiger partial charge in [0.25, 0.3) is 0 Å². The smallest absolute Gasteiger partial charge is 0.326 e. The van der Waals surface area contributed by atoms with Gasteiger partial charge in [0.05, 0.1) is 18.8 Å². The summed E-state index contributed by atoms with van der Waals surface area (Å²) in [5.41, 5.74) is 22.1. The van der Waals surface area contributed by atoms with Crippen LogP contribution < -0.4 is 38.9 Å². The van der Waals surface area contributed by atoms with Gasteiger partial charge in [-0.2, -0.15) is 0 Å². The van der Waals surface area contributed by atoms with Gasteiger partial charge in [0.1, 0.15) is 18.1 Å². The summed E-state index contributed by atoms with van der Waals surface area (Å²) in [6, 6.07) is -4.96. The molecule has 0 aliphatic heterocycles. The summed E-state index contributed by atoms with van der Waals surface area (Å²) < 4.78 is 0. The first-order valence-corrected chi connectivity index (χ1v) is 11.5. The van der Waals surface area contributed by atoms with Crippen LogP contribution in [0.3, 0.4) is 0 Å². The molecule has 4 unspecified atom stereocenters. The van der Waals surface area contributed by atoms with Crippen molar-refractivity contribution in [2.45, 2.75) is 63.7 Å². The average molecular weight is 525 g/mol. The van der Waals surface area contributed by atoms with Crippen molar-refractivity contribution in [1.82, 2.24) is 25.9 Å². The second-order valence-corrected chi connectivity index (χ2v) is 8.69. The number of carboxylic acid groups (broad SMARTS) is 1. The lowest BCUT2D eigenvalue weighted by molar-refractivity contribution is -0.142. The predicted molar refractivity (Wildman–Crippen MR) is 132 cm³/mol. The van der Waals surface area contributed by atoms with Crippen molar-refractivity contribution in [3.63, 3.8) is 0 Å². The molecule has 0 fully saturated rings. The van der Waals surface area contributed by atoms with E-state index in [1.807, 2.05) is 0 Å². The summed E-state index contributed by atoms with van der Waals surface area (Å²) >= 11 is 0. The zero-order valence-corrected chi connectivity index (χ0v) is 20.8. The molecule has 0 aromatic carbocycles. The fourth-order valence-electron chi connectivity index (χ4n) is 3.11. The zero-order chi connectivity index (χ0) is 28.1. The molecule has 16 heteroatoms. The van der Waals surface area contributed by atoms with E-state index in [4.69, 9.17) is 22.9 Å². The van der Waals surface area contributed by atoms with Crippen LogP contribution in [0.25, 0.3) is 0 Å². The zero-order valence-electron chi connectivity index (χ0n) is 20.8. The minimum absolute atomic E-state index is 0.0271. The Hall–Kier alpha value is -4.21. The van der Waals surface area contributed by atoms with Gasteiger partial charge in [0, 0.05) is 24.9 Å². The number of hydrogen-bond donors (Lipinski definition) is 9. The number of carbonyl (C=O) groups excluding carboxylic acids is 4. The van der Waals surface area contributed by atoms with Gasteiger partial charge in [0.15, 0.2) is 5.96 Å². The Kier molecular flexibility index (Phi) is 12.5. The summed E-state index contributed by atoms with van der Waals surface area (Å²) in [6.07, 6.45) is 2.39. The van der Waals surface area contributed by atoms with Crippen molar-refractivity contribution in [2.75, 3.05) is 6.54 Å². The van der Waals surface area contributed by atoms with Crippen LogP contribution in [-0.4, -0.2) is 81.3 Å². The summed E-state index contributed by atoms with van der Waals surface area (Å²) in [5.74, 6) is -5.01. The summed E-state index contributed by atoms with van der Waals surface area (Å²) in [4.78, 5) is 72.1. The largest absolute Gasteiger partial charge is 0.480 e. The molecular weight excluding hydrogens is 488 g/mol. The normalized spacial score (nSPS) is 14.1. The van der Waals surface area contributed by atoms with Gasteiger partial charge < -0.3 is 49.0 Å². The highest BCUT2D eigenvalue weighted by Gasteiger charge is 2.31. The standard InChI is InChI=1S/C21H36N10O6/c1-10(2)16(23)19(35)31-13(6-11-8-26-9-28-11)17(33)30-14(7-15(22)32)18(34)29-12(20(36)37)4-3-5-27-21(24)25/h8-10,12-14,16H,3-7,23H2,1-2H3,(H2,22,32)(H,26,28)(H,29,34)(H,30,33)(H,31,35)(H,36,37)(H4,24,25,27). The van der Waals surface area contributed by atoms with Crippen LogP contribution in [0.5, 0.6) is 0 Å². The van der Waals surface area contributed by atoms with Crippen LogP contribution in [0.1, 0.15) is 38.8 Å². The molecule has 0 saturated heterocycles. The van der Waals surface area contributed by atoms with Gasteiger partial charge in [-0.05, 0) is 18.8 Å². The number of hydrogen-bond acceptors (Lipinski definition) is 8.